The lowest BCUT2D eigenvalue weighted by Crippen LogP contribution is -2.08. The van der Waals surface area contributed by atoms with Crippen molar-refractivity contribution in [1.29, 1.82) is 0 Å². The zero-order valence-corrected chi connectivity index (χ0v) is 12.8. The van der Waals surface area contributed by atoms with Gasteiger partial charge in [-0.05, 0) is 13.3 Å². The molecule has 0 aliphatic rings. The maximum atomic E-state index is 11.1. The molecule has 0 atom stereocenters. The van der Waals surface area contributed by atoms with E-state index in [0.29, 0.717) is 42.4 Å². The average Bonchev–Trinajstić information content (AvgIpc) is 2.45. The van der Waals surface area contributed by atoms with Crippen LogP contribution in [0.3, 0.4) is 0 Å². The van der Waals surface area contributed by atoms with E-state index in [1.54, 1.807) is 0 Å². The molecular formula is C12H20N4O3S. The zero-order chi connectivity index (χ0) is 14.8. The first-order valence-electron chi connectivity index (χ1n) is 6.52. The predicted molar refractivity (Wildman–Crippen MR) is 77.1 cm³/mol. The molecule has 1 rings (SSSR count). The van der Waals surface area contributed by atoms with Crippen molar-refractivity contribution in [1.82, 2.24) is 15.0 Å². The highest BCUT2D eigenvalue weighted by Crippen LogP contribution is 2.18. The van der Waals surface area contributed by atoms with Crippen molar-refractivity contribution >= 4 is 23.7 Å². The monoisotopic (exact) mass is 300 g/mol. The molecule has 0 aliphatic heterocycles. The van der Waals surface area contributed by atoms with Gasteiger partial charge in [0.25, 0.3) is 0 Å². The van der Waals surface area contributed by atoms with Crippen molar-refractivity contribution in [2.75, 3.05) is 31.3 Å². The number of thioether (sulfide) groups is 1. The Morgan fingerprint density at radius 2 is 2.10 bits per heavy atom. The van der Waals surface area contributed by atoms with Crippen LogP contribution in [-0.2, 0) is 9.53 Å². The Morgan fingerprint density at radius 1 is 1.30 bits per heavy atom. The first-order chi connectivity index (χ1) is 9.69. The van der Waals surface area contributed by atoms with E-state index in [2.05, 4.69) is 25.0 Å². The SMILES string of the molecule is CCCOc1nc(NCC)nc(SCCC(=O)OC)n1. The summed E-state index contributed by atoms with van der Waals surface area (Å²) in [6, 6.07) is 0.304. The summed E-state index contributed by atoms with van der Waals surface area (Å²) >= 11 is 1.37. The molecule has 1 aromatic rings. The predicted octanol–water partition coefficient (Wildman–Crippen LogP) is 1.75. The molecule has 1 heterocycles. The number of hydrogen-bond donors (Lipinski definition) is 1. The smallest absolute Gasteiger partial charge is 0.322 e. The Kier molecular flexibility index (Phi) is 7.71. The van der Waals surface area contributed by atoms with Gasteiger partial charge in [0.2, 0.25) is 5.95 Å². The summed E-state index contributed by atoms with van der Waals surface area (Å²) in [6.45, 7) is 5.24. The second-order valence-corrected chi connectivity index (χ2v) is 4.84. The van der Waals surface area contributed by atoms with Crippen LogP contribution in [0.2, 0.25) is 0 Å². The summed E-state index contributed by atoms with van der Waals surface area (Å²) in [7, 11) is 1.37. The number of esters is 1. The summed E-state index contributed by atoms with van der Waals surface area (Å²) in [6.07, 6.45) is 1.20. The van der Waals surface area contributed by atoms with Crippen LogP contribution in [0.15, 0.2) is 5.16 Å². The number of nitrogens with zero attached hydrogens (tertiary/aromatic N) is 3. The molecule has 0 aromatic carbocycles. The van der Waals surface area contributed by atoms with Gasteiger partial charge in [-0.1, -0.05) is 18.7 Å². The van der Waals surface area contributed by atoms with Gasteiger partial charge >= 0.3 is 12.0 Å². The first-order valence-corrected chi connectivity index (χ1v) is 7.50. The summed E-state index contributed by atoms with van der Waals surface area (Å²) < 4.78 is 10.0. The van der Waals surface area contributed by atoms with Crippen LogP contribution >= 0.6 is 11.8 Å². The number of hydrogen-bond acceptors (Lipinski definition) is 8. The normalized spacial score (nSPS) is 10.2. The van der Waals surface area contributed by atoms with Crippen molar-refractivity contribution in [2.45, 2.75) is 31.8 Å². The van der Waals surface area contributed by atoms with Gasteiger partial charge in [0, 0.05) is 12.3 Å². The molecule has 0 saturated heterocycles. The van der Waals surface area contributed by atoms with Gasteiger partial charge in [-0.15, -0.1) is 0 Å². The average molecular weight is 300 g/mol. The van der Waals surface area contributed by atoms with E-state index in [4.69, 9.17) is 4.74 Å². The molecule has 1 N–H and O–H groups in total. The van der Waals surface area contributed by atoms with E-state index >= 15 is 0 Å². The highest BCUT2D eigenvalue weighted by molar-refractivity contribution is 7.99. The molecule has 112 valence electrons. The topological polar surface area (TPSA) is 86.2 Å². The number of carbonyl (C=O) groups is 1. The van der Waals surface area contributed by atoms with Gasteiger partial charge in [0.15, 0.2) is 5.16 Å². The fourth-order valence-corrected chi connectivity index (χ4v) is 1.97. The van der Waals surface area contributed by atoms with E-state index < -0.39 is 0 Å². The summed E-state index contributed by atoms with van der Waals surface area (Å²) in [5.41, 5.74) is 0. The van der Waals surface area contributed by atoms with Gasteiger partial charge in [-0.25, -0.2) is 0 Å². The fraction of sp³-hybridized carbons (Fsp3) is 0.667. The number of nitrogens with one attached hydrogen (secondary N) is 1. The van der Waals surface area contributed by atoms with Crippen LogP contribution in [0.1, 0.15) is 26.7 Å². The minimum absolute atomic E-state index is 0.249. The summed E-state index contributed by atoms with van der Waals surface area (Å²) in [5.74, 6) is 0.783. The molecular weight excluding hydrogens is 280 g/mol. The Labute approximate surface area is 122 Å². The second kappa shape index (κ2) is 9.35. The van der Waals surface area contributed by atoms with E-state index in [9.17, 15) is 4.79 Å². The lowest BCUT2D eigenvalue weighted by molar-refractivity contribution is -0.140. The lowest BCUT2D eigenvalue weighted by Gasteiger charge is -2.07. The maximum Gasteiger partial charge on any atom is 0.322 e. The van der Waals surface area contributed by atoms with Gasteiger partial charge in [-0.3, -0.25) is 4.79 Å². The first kappa shape index (κ1) is 16.5. The van der Waals surface area contributed by atoms with E-state index in [1.807, 2.05) is 13.8 Å². The Hall–Kier alpha value is -1.57. The molecule has 0 saturated carbocycles. The number of rotatable bonds is 9. The fourth-order valence-electron chi connectivity index (χ4n) is 1.23. The number of anilines is 1. The van der Waals surface area contributed by atoms with Crippen LogP contribution in [0.5, 0.6) is 6.01 Å². The molecule has 0 fully saturated rings. The lowest BCUT2D eigenvalue weighted by atomic mass is 10.5. The molecule has 20 heavy (non-hydrogen) atoms. The maximum absolute atomic E-state index is 11.1. The summed E-state index contributed by atoms with van der Waals surface area (Å²) in [4.78, 5) is 23.7. The highest BCUT2D eigenvalue weighted by Gasteiger charge is 2.09. The third-order valence-electron chi connectivity index (χ3n) is 2.13. The Morgan fingerprint density at radius 3 is 2.75 bits per heavy atom. The van der Waals surface area contributed by atoms with Gasteiger partial charge in [-0.2, -0.15) is 15.0 Å². The standard InChI is InChI=1S/C12H20N4O3S/c1-4-7-19-11-14-10(13-5-2)15-12(16-11)20-8-6-9(17)18-3/h4-8H2,1-3H3,(H,13,14,15,16). The van der Waals surface area contributed by atoms with Crippen molar-refractivity contribution in [2.24, 2.45) is 0 Å². The van der Waals surface area contributed by atoms with Crippen LogP contribution in [0.25, 0.3) is 0 Å². The molecule has 0 aliphatic carbocycles. The molecule has 7 nitrogen and oxygen atoms in total. The van der Waals surface area contributed by atoms with Crippen molar-refractivity contribution < 1.29 is 14.3 Å². The Bertz CT molecular complexity index is 431. The van der Waals surface area contributed by atoms with Crippen LogP contribution in [-0.4, -0.2) is 46.9 Å². The van der Waals surface area contributed by atoms with Crippen LogP contribution in [0, 0.1) is 0 Å². The van der Waals surface area contributed by atoms with Crippen molar-refractivity contribution in [3.05, 3.63) is 0 Å². The number of aromatic nitrogens is 3. The quantitative estimate of drug-likeness (QED) is 0.545. The van der Waals surface area contributed by atoms with Crippen molar-refractivity contribution in [3.63, 3.8) is 0 Å². The van der Waals surface area contributed by atoms with E-state index in [-0.39, 0.29) is 5.97 Å². The minimum Gasteiger partial charge on any atom is -0.469 e. The number of carbonyl (C=O) groups excluding carboxylic acids is 1. The van der Waals surface area contributed by atoms with Gasteiger partial charge < -0.3 is 14.8 Å². The zero-order valence-electron chi connectivity index (χ0n) is 12.0. The molecule has 1 aromatic heterocycles. The van der Waals surface area contributed by atoms with Gasteiger partial charge in [0.1, 0.15) is 0 Å². The van der Waals surface area contributed by atoms with E-state index in [1.165, 1.54) is 18.9 Å². The summed E-state index contributed by atoms with van der Waals surface area (Å²) in [5, 5.41) is 3.56. The minimum atomic E-state index is -0.249. The molecule has 0 amide bonds. The molecule has 0 radical (unpaired) electrons. The van der Waals surface area contributed by atoms with Gasteiger partial charge in [0.05, 0.1) is 20.1 Å². The molecule has 0 spiro atoms. The highest BCUT2D eigenvalue weighted by atomic mass is 32.2. The number of methoxy groups -OCH3 is 1. The third kappa shape index (κ3) is 6.05. The second-order valence-electron chi connectivity index (χ2n) is 3.78. The largest absolute Gasteiger partial charge is 0.469 e. The molecule has 8 heteroatoms. The van der Waals surface area contributed by atoms with Crippen molar-refractivity contribution in [3.8, 4) is 6.01 Å². The molecule has 0 bridgehead atoms. The third-order valence-corrected chi connectivity index (χ3v) is 2.98. The number of ether oxygens (including phenoxy) is 2. The van der Waals surface area contributed by atoms with E-state index in [0.717, 1.165) is 6.42 Å². The molecule has 0 unspecified atom stereocenters. The van der Waals surface area contributed by atoms with Crippen LogP contribution in [0.4, 0.5) is 5.95 Å². The van der Waals surface area contributed by atoms with Crippen LogP contribution < -0.4 is 10.1 Å². The Balaban J connectivity index is 2.66.